The van der Waals surface area contributed by atoms with Crippen molar-refractivity contribution in [2.24, 2.45) is 7.05 Å². The van der Waals surface area contributed by atoms with Gasteiger partial charge in [-0.2, -0.15) is 4.98 Å². The number of aromatic nitrogens is 3. The van der Waals surface area contributed by atoms with Gasteiger partial charge in [0.15, 0.2) is 5.82 Å². The second kappa shape index (κ2) is 6.95. The number of nitrogens with zero attached hydrogens (tertiary/aromatic N) is 3. The van der Waals surface area contributed by atoms with E-state index in [0.717, 1.165) is 0 Å². The van der Waals surface area contributed by atoms with Crippen molar-refractivity contribution in [2.75, 3.05) is 0 Å². The average Bonchev–Trinajstić information content (AvgIpc) is 2.57. The van der Waals surface area contributed by atoms with Crippen LogP contribution >= 0.6 is 0 Å². The first-order chi connectivity index (χ1) is 12.3. The number of aromatic hydroxyl groups is 1. The molecule has 0 atom stereocenters. The molecule has 0 fully saturated rings. The highest BCUT2D eigenvalue weighted by Crippen LogP contribution is 2.36. The highest BCUT2D eigenvalue weighted by atomic mass is 19.1. The third kappa shape index (κ3) is 3.56. The molecule has 3 rings (SSSR count). The van der Waals surface area contributed by atoms with Gasteiger partial charge in [0, 0.05) is 42.7 Å². The lowest BCUT2D eigenvalue weighted by molar-refractivity contribution is 0.242. The minimum Gasteiger partial charge on any atom is -0.493 e. The molecule has 0 aliphatic carbocycles. The van der Waals surface area contributed by atoms with Crippen LogP contribution in [0.25, 0.3) is 22.5 Å². The van der Waals surface area contributed by atoms with Crippen LogP contribution in [0.1, 0.15) is 13.8 Å². The number of pyridine rings is 1. The number of halogens is 1. The van der Waals surface area contributed by atoms with Crippen LogP contribution in [0.5, 0.6) is 11.6 Å². The van der Waals surface area contributed by atoms with Gasteiger partial charge in [0.2, 0.25) is 11.4 Å². The molecule has 2 heterocycles. The summed E-state index contributed by atoms with van der Waals surface area (Å²) in [4.78, 5) is 19.9. The van der Waals surface area contributed by atoms with Crippen molar-refractivity contribution < 1.29 is 14.2 Å². The molecule has 26 heavy (non-hydrogen) atoms. The normalized spacial score (nSPS) is 11.0. The summed E-state index contributed by atoms with van der Waals surface area (Å²) in [5.41, 5.74) is 1.25. The number of ether oxygens (including phenoxy) is 1. The van der Waals surface area contributed by atoms with Gasteiger partial charge in [-0.25, -0.2) is 9.37 Å². The molecule has 3 aromatic rings. The van der Waals surface area contributed by atoms with Crippen LogP contribution in [0, 0.1) is 5.82 Å². The van der Waals surface area contributed by atoms with Crippen LogP contribution in [0.15, 0.2) is 47.5 Å². The summed E-state index contributed by atoms with van der Waals surface area (Å²) in [5, 5.41) is 10.4. The maximum Gasteiger partial charge on any atom is 0.250 e. The van der Waals surface area contributed by atoms with Gasteiger partial charge in [0.1, 0.15) is 11.6 Å². The molecule has 0 aliphatic heterocycles. The molecule has 134 valence electrons. The second-order valence-corrected chi connectivity index (χ2v) is 6.10. The van der Waals surface area contributed by atoms with Crippen molar-refractivity contribution in [3.05, 3.63) is 58.9 Å². The van der Waals surface area contributed by atoms with Crippen LogP contribution in [-0.2, 0) is 7.05 Å². The molecule has 1 N–H and O–H groups in total. The van der Waals surface area contributed by atoms with Gasteiger partial charge >= 0.3 is 0 Å². The SMILES string of the molecule is CC(C)Oc1cc(F)ccc1-c1cnc(-c2ccc(=O)n(C)c2)nc1O. The molecule has 2 aromatic heterocycles. The fourth-order valence-electron chi connectivity index (χ4n) is 2.50. The maximum absolute atomic E-state index is 13.6. The van der Waals surface area contributed by atoms with Gasteiger partial charge in [0.25, 0.3) is 0 Å². The zero-order valence-electron chi connectivity index (χ0n) is 14.6. The Morgan fingerprint density at radius 3 is 2.62 bits per heavy atom. The Morgan fingerprint density at radius 1 is 1.19 bits per heavy atom. The summed E-state index contributed by atoms with van der Waals surface area (Å²) in [6, 6.07) is 7.04. The molecule has 0 unspecified atom stereocenters. The quantitative estimate of drug-likeness (QED) is 0.778. The summed E-state index contributed by atoms with van der Waals surface area (Å²) < 4.78 is 20.6. The van der Waals surface area contributed by atoms with Gasteiger partial charge in [-0.15, -0.1) is 0 Å². The average molecular weight is 355 g/mol. The van der Waals surface area contributed by atoms with Crippen LogP contribution in [-0.4, -0.2) is 25.7 Å². The Labute approximate surface area is 149 Å². The zero-order chi connectivity index (χ0) is 18.8. The highest BCUT2D eigenvalue weighted by molar-refractivity contribution is 5.74. The Kier molecular flexibility index (Phi) is 4.71. The summed E-state index contributed by atoms with van der Waals surface area (Å²) in [7, 11) is 1.62. The lowest BCUT2D eigenvalue weighted by atomic mass is 10.1. The molecular weight excluding hydrogens is 337 g/mol. The smallest absolute Gasteiger partial charge is 0.250 e. The van der Waals surface area contributed by atoms with Crippen LogP contribution in [0.2, 0.25) is 0 Å². The number of hydrogen-bond acceptors (Lipinski definition) is 5. The summed E-state index contributed by atoms with van der Waals surface area (Å²) >= 11 is 0. The minimum absolute atomic E-state index is 0.156. The summed E-state index contributed by atoms with van der Waals surface area (Å²) in [6.07, 6.45) is 2.87. The minimum atomic E-state index is -0.438. The molecule has 7 heteroatoms. The molecule has 1 aromatic carbocycles. The molecule has 0 saturated carbocycles. The van der Waals surface area contributed by atoms with Crippen molar-refractivity contribution >= 4 is 0 Å². The predicted octanol–water partition coefficient (Wildman–Crippen LogP) is 3.14. The number of rotatable bonds is 4. The van der Waals surface area contributed by atoms with Gasteiger partial charge in [0.05, 0.1) is 11.7 Å². The van der Waals surface area contributed by atoms with E-state index < -0.39 is 5.82 Å². The van der Waals surface area contributed by atoms with Crippen LogP contribution in [0.3, 0.4) is 0 Å². The first kappa shape index (κ1) is 17.6. The Balaban J connectivity index is 2.05. The monoisotopic (exact) mass is 355 g/mol. The fourth-order valence-corrected chi connectivity index (χ4v) is 2.50. The number of aryl methyl sites for hydroxylation is 1. The second-order valence-electron chi connectivity index (χ2n) is 6.10. The third-order valence-electron chi connectivity index (χ3n) is 3.71. The van der Waals surface area contributed by atoms with Gasteiger partial charge in [-0.05, 0) is 32.0 Å². The van der Waals surface area contributed by atoms with E-state index in [4.69, 9.17) is 4.74 Å². The number of hydrogen-bond donors (Lipinski definition) is 1. The van der Waals surface area contributed by atoms with Crippen molar-refractivity contribution in [3.8, 4) is 34.1 Å². The molecule has 0 radical (unpaired) electrons. The summed E-state index contributed by atoms with van der Waals surface area (Å²) in [5.74, 6) is -0.125. The van der Waals surface area contributed by atoms with Crippen molar-refractivity contribution in [3.63, 3.8) is 0 Å². The molecule has 6 nitrogen and oxygen atoms in total. The lowest BCUT2D eigenvalue weighted by Crippen LogP contribution is -2.14. The standard InChI is InChI=1S/C19H18FN3O3/c1-11(2)26-16-8-13(20)5-6-14(16)15-9-21-18(22-19(15)25)12-4-7-17(24)23(3)10-12/h4-11H,1-3H3,(H,21,22,25). The van der Waals surface area contributed by atoms with Crippen molar-refractivity contribution in [1.29, 1.82) is 0 Å². The zero-order valence-corrected chi connectivity index (χ0v) is 14.6. The van der Waals surface area contributed by atoms with E-state index in [0.29, 0.717) is 22.4 Å². The van der Waals surface area contributed by atoms with Gasteiger partial charge in [-0.3, -0.25) is 4.79 Å². The Hall–Kier alpha value is -3.22. The Bertz CT molecular complexity index is 1020. The van der Waals surface area contributed by atoms with E-state index in [1.165, 1.54) is 35.0 Å². The van der Waals surface area contributed by atoms with E-state index in [1.807, 2.05) is 13.8 Å². The predicted molar refractivity (Wildman–Crippen MR) is 95.5 cm³/mol. The van der Waals surface area contributed by atoms with Gasteiger partial charge < -0.3 is 14.4 Å². The first-order valence-electron chi connectivity index (χ1n) is 8.05. The van der Waals surface area contributed by atoms with Crippen LogP contribution in [0.4, 0.5) is 4.39 Å². The Morgan fingerprint density at radius 2 is 1.96 bits per heavy atom. The molecule has 0 aliphatic rings. The van der Waals surface area contributed by atoms with Gasteiger partial charge in [-0.1, -0.05) is 0 Å². The topological polar surface area (TPSA) is 77.2 Å². The molecule has 0 saturated heterocycles. The van der Waals surface area contributed by atoms with Crippen molar-refractivity contribution in [1.82, 2.24) is 14.5 Å². The first-order valence-corrected chi connectivity index (χ1v) is 8.05. The van der Waals surface area contributed by atoms with E-state index in [1.54, 1.807) is 19.3 Å². The van der Waals surface area contributed by atoms with E-state index in [2.05, 4.69) is 9.97 Å². The third-order valence-corrected chi connectivity index (χ3v) is 3.71. The lowest BCUT2D eigenvalue weighted by Gasteiger charge is -2.15. The van der Waals surface area contributed by atoms with E-state index >= 15 is 0 Å². The largest absolute Gasteiger partial charge is 0.493 e. The van der Waals surface area contributed by atoms with E-state index in [-0.39, 0.29) is 23.4 Å². The highest BCUT2D eigenvalue weighted by Gasteiger charge is 2.16. The molecule has 0 bridgehead atoms. The maximum atomic E-state index is 13.6. The van der Waals surface area contributed by atoms with E-state index in [9.17, 15) is 14.3 Å². The van der Waals surface area contributed by atoms with Crippen LogP contribution < -0.4 is 10.3 Å². The summed E-state index contributed by atoms with van der Waals surface area (Å²) in [6.45, 7) is 3.65. The molecule has 0 spiro atoms. The fraction of sp³-hybridized carbons (Fsp3) is 0.211. The molecule has 0 amide bonds. The molecular formula is C19H18FN3O3. The number of benzene rings is 1. The van der Waals surface area contributed by atoms with Crippen molar-refractivity contribution in [2.45, 2.75) is 20.0 Å².